The summed E-state index contributed by atoms with van der Waals surface area (Å²) in [6, 6.07) is 11.9. The minimum absolute atomic E-state index is 0.667. The summed E-state index contributed by atoms with van der Waals surface area (Å²) in [7, 11) is 0. The van der Waals surface area contributed by atoms with E-state index < -0.39 is 0 Å². The van der Waals surface area contributed by atoms with E-state index in [1.165, 1.54) is 5.56 Å². The molecule has 5 heteroatoms. The van der Waals surface area contributed by atoms with E-state index in [4.69, 9.17) is 5.73 Å². The zero-order chi connectivity index (χ0) is 13.4. The minimum atomic E-state index is 0.667. The van der Waals surface area contributed by atoms with Crippen molar-refractivity contribution in [2.75, 3.05) is 5.73 Å². The Kier molecular flexibility index (Phi) is 2.98. The molecule has 1 aromatic heterocycles. The smallest absolute Gasteiger partial charge is 0.115 e. The molecule has 1 heterocycles. The number of hydrogen-bond acceptors (Lipinski definition) is 3. The lowest BCUT2D eigenvalue weighted by molar-refractivity contribution is 0.765. The molecule has 2 N–H and O–H groups in total. The maximum atomic E-state index is 5.85. The summed E-state index contributed by atoms with van der Waals surface area (Å²) < 4.78 is 0.841. The molecular weight excluding hydrogens is 304 g/mol. The Morgan fingerprint density at radius 3 is 2.37 bits per heavy atom. The highest BCUT2D eigenvalue weighted by Crippen LogP contribution is 2.24. The number of hydrogen-bond donors (Lipinski definition) is 1. The summed E-state index contributed by atoms with van der Waals surface area (Å²) >= 11 is 3.40. The van der Waals surface area contributed by atoms with Gasteiger partial charge in [0.15, 0.2) is 0 Å². The lowest BCUT2D eigenvalue weighted by Crippen LogP contribution is -1.98. The Bertz CT molecular complexity index is 692. The monoisotopic (exact) mass is 316 g/mol. The number of benzene rings is 2. The fourth-order valence-corrected chi connectivity index (χ4v) is 2.27. The van der Waals surface area contributed by atoms with Crippen LogP contribution in [0.25, 0.3) is 16.7 Å². The molecule has 0 spiro atoms. The van der Waals surface area contributed by atoms with Gasteiger partial charge in [0.05, 0.1) is 5.69 Å². The molecule has 0 unspecified atom stereocenters. The van der Waals surface area contributed by atoms with Gasteiger partial charge in [0, 0.05) is 10.2 Å². The predicted molar refractivity (Wildman–Crippen MR) is 80.4 cm³/mol. The third kappa shape index (κ3) is 2.21. The topological polar surface area (TPSA) is 56.7 Å². The van der Waals surface area contributed by atoms with Gasteiger partial charge in [-0.05, 0) is 52.2 Å². The molecule has 19 heavy (non-hydrogen) atoms. The van der Waals surface area contributed by atoms with Crippen molar-refractivity contribution in [3.63, 3.8) is 0 Å². The van der Waals surface area contributed by atoms with Crippen LogP contribution in [-0.4, -0.2) is 15.0 Å². The van der Waals surface area contributed by atoms with E-state index in [1.807, 2.05) is 24.3 Å². The Morgan fingerprint density at radius 2 is 1.74 bits per heavy atom. The molecule has 0 aliphatic heterocycles. The second-order valence-corrected chi connectivity index (χ2v) is 5.23. The van der Waals surface area contributed by atoms with Crippen LogP contribution in [0.5, 0.6) is 0 Å². The average Bonchev–Trinajstić information content (AvgIpc) is 2.82. The molecular formula is C14H13BrN4. The van der Waals surface area contributed by atoms with E-state index in [0.717, 1.165) is 27.6 Å². The number of fused-ring (bicyclic) bond motifs is 1. The van der Waals surface area contributed by atoms with Crippen molar-refractivity contribution in [1.82, 2.24) is 15.0 Å². The van der Waals surface area contributed by atoms with Crippen LogP contribution in [0.15, 0.2) is 40.9 Å². The number of aromatic nitrogens is 3. The zero-order valence-electron chi connectivity index (χ0n) is 10.5. The maximum absolute atomic E-state index is 5.85. The van der Waals surface area contributed by atoms with E-state index in [2.05, 4.69) is 45.2 Å². The van der Waals surface area contributed by atoms with Gasteiger partial charge in [-0.2, -0.15) is 4.80 Å². The third-order valence-electron chi connectivity index (χ3n) is 3.07. The molecule has 0 aliphatic rings. The van der Waals surface area contributed by atoms with Gasteiger partial charge >= 0.3 is 0 Å². The van der Waals surface area contributed by atoms with E-state index in [0.29, 0.717) is 5.69 Å². The van der Waals surface area contributed by atoms with Gasteiger partial charge in [-0.1, -0.05) is 19.1 Å². The van der Waals surface area contributed by atoms with Crippen LogP contribution >= 0.6 is 15.9 Å². The summed E-state index contributed by atoms with van der Waals surface area (Å²) in [4.78, 5) is 1.63. The van der Waals surface area contributed by atoms with Gasteiger partial charge in [-0.3, -0.25) is 0 Å². The van der Waals surface area contributed by atoms with Crippen LogP contribution in [-0.2, 0) is 6.42 Å². The molecule has 0 fully saturated rings. The van der Waals surface area contributed by atoms with Crippen LogP contribution in [0.4, 0.5) is 5.69 Å². The number of nitrogens with two attached hydrogens (primary N) is 1. The summed E-state index contributed by atoms with van der Waals surface area (Å²) in [6.45, 7) is 2.13. The van der Waals surface area contributed by atoms with Crippen molar-refractivity contribution in [3.8, 4) is 5.69 Å². The average molecular weight is 317 g/mol. The van der Waals surface area contributed by atoms with Gasteiger partial charge in [0.2, 0.25) is 0 Å². The summed E-state index contributed by atoms with van der Waals surface area (Å²) in [5, 5.41) is 8.91. The normalized spacial score (nSPS) is 11.1. The molecule has 3 aromatic rings. The van der Waals surface area contributed by atoms with Crippen LogP contribution in [0.2, 0.25) is 0 Å². The van der Waals surface area contributed by atoms with Crippen molar-refractivity contribution >= 4 is 32.7 Å². The molecule has 0 amide bonds. The molecule has 0 bridgehead atoms. The molecule has 0 radical (unpaired) electrons. The highest BCUT2D eigenvalue weighted by Gasteiger charge is 2.07. The summed E-state index contributed by atoms with van der Waals surface area (Å²) in [6.07, 6.45) is 1.03. The number of nitrogens with zero attached hydrogens (tertiary/aromatic N) is 3. The van der Waals surface area contributed by atoms with Crippen LogP contribution in [0.3, 0.4) is 0 Å². The molecule has 0 aliphatic carbocycles. The van der Waals surface area contributed by atoms with Gasteiger partial charge in [0.1, 0.15) is 11.0 Å². The van der Waals surface area contributed by atoms with E-state index in [1.54, 1.807) is 4.80 Å². The van der Waals surface area contributed by atoms with Gasteiger partial charge < -0.3 is 5.73 Å². The first-order valence-corrected chi connectivity index (χ1v) is 6.88. The molecule has 2 aromatic carbocycles. The lowest BCUT2D eigenvalue weighted by atomic mass is 10.2. The highest BCUT2D eigenvalue weighted by atomic mass is 79.9. The second-order valence-electron chi connectivity index (χ2n) is 4.37. The number of nitrogen functional groups attached to an aromatic ring is 1. The SMILES string of the molecule is CCc1ccc(-n2nc3cc(N)c(Br)cc3n2)cc1. The van der Waals surface area contributed by atoms with Crippen molar-refractivity contribution in [3.05, 3.63) is 46.4 Å². The van der Waals surface area contributed by atoms with Crippen molar-refractivity contribution < 1.29 is 0 Å². The number of aryl methyl sites for hydroxylation is 1. The first kappa shape index (κ1) is 12.2. The highest BCUT2D eigenvalue weighted by molar-refractivity contribution is 9.10. The summed E-state index contributed by atoms with van der Waals surface area (Å²) in [5.74, 6) is 0. The molecule has 96 valence electrons. The van der Waals surface area contributed by atoms with Crippen LogP contribution in [0, 0.1) is 0 Å². The standard InChI is InChI=1S/C14H13BrN4/c1-2-9-3-5-10(6-4-9)19-17-13-7-11(15)12(16)8-14(13)18-19/h3-8H,2,16H2,1H3. The molecule has 4 nitrogen and oxygen atoms in total. The van der Waals surface area contributed by atoms with Crippen molar-refractivity contribution in [2.45, 2.75) is 13.3 Å². The lowest BCUT2D eigenvalue weighted by Gasteiger charge is -2.00. The minimum Gasteiger partial charge on any atom is -0.398 e. The zero-order valence-corrected chi connectivity index (χ0v) is 12.1. The molecule has 3 rings (SSSR count). The van der Waals surface area contributed by atoms with E-state index in [9.17, 15) is 0 Å². The molecule has 0 saturated carbocycles. The number of anilines is 1. The van der Waals surface area contributed by atoms with Gasteiger partial charge in [-0.15, -0.1) is 10.2 Å². The fraction of sp³-hybridized carbons (Fsp3) is 0.143. The van der Waals surface area contributed by atoms with E-state index >= 15 is 0 Å². The van der Waals surface area contributed by atoms with Crippen molar-refractivity contribution in [1.29, 1.82) is 0 Å². The molecule has 0 saturated heterocycles. The van der Waals surface area contributed by atoms with E-state index in [-0.39, 0.29) is 0 Å². The largest absolute Gasteiger partial charge is 0.398 e. The third-order valence-corrected chi connectivity index (χ3v) is 3.76. The fourth-order valence-electron chi connectivity index (χ4n) is 1.93. The van der Waals surface area contributed by atoms with Gasteiger partial charge in [-0.25, -0.2) is 0 Å². The molecule has 0 atom stereocenters. The quantitative estimate of drug-likeness (QED) is 0.738. The Hall–Kier alpha value is -1.88. The van der Waals surface area contributed by atoms with Crippen LogP contribution in [0.1, 0.15) is 12.5 Å². The second kappa shape index (κ2) is 4.66. The van der Waals surface area contributed by atoms with Gasteiger partial charge in [0.25, 0.3) is 0 Å². The number of halogens is 1. The Balaban J connectivity index is 2.09. The summed E-state index contributed by atoms with van der Waals surface area (Å²) in [5.41, 5.74) is 10.4. The first-order chi connectivity index (χ1) is 9.17. The Morgan fingerprint density at radius 1 is 1.11 bits per heavy atom. The number of rotatable bonds is 2. The van der Waals surface area contributed by atoms with Crippen molar-refractivity contribution in [2.24, 2.45) is 0 Å². The Labute approximate surface area is 119 Å². The first-order valence-electron chi connectivity index (χ1n) is 6.09. The predicted octanol–water partition coefficient (Wildman–Crippen LogP) is 3.33. The maximum Gasteiger partial charge on any atom is 0.115 e. The van der Waals surface area contributed by atoms with Crippen LogP contribution < -0.4 is 5.73 Å².